The number of sulfonamides is 1. The lowest BCUT2D eigenvalue weighted by Crippen LogP contribution is -2.53. The maximum atomic E-state index is 13.8. The Morgan fingerprint density at radius 1 is 1.00 bits per heavy atom. The number of nitrogens with zero attached hydrogens (tertiary/aromatic N) is 2. The van der Waals surface area contributed by atoms with Gasteiger partial charge in [-0.2, -0.15) is 0 Å². The highest BCUT2D eigenvalue weighted by Gasteiger charge is 2.33. The Hall–Kier alpha value is -2.29. The molecule has 0 bridgehead atoms. The third-order valence-electron chi connectivity index (χ3n) is 5.58. The largest absolute Gasteiger partial charge is 0.352 e. The monoisotopic (exact) mass is 541 g/mol. The third kappa shape index (κ3) is 7.35. The SMILES string of the molecule is CCC(C(=O)NC(C)C)N(Cc1c(Cl)cccc1Cl)C(=O)CN(c1c(C)cccc1C)S(C)(=O)=O. The zero-order valence-corrected chi connectivity index (χ0v) is 23.3. The third-order valence-corrected chi connectivity index (χ3v) is 7.40. The van der Waals surface area contributed by atoms with Gasteiger partial charge in [0, 0.05) is 28.2 Å². The minimum atomic E-state index is -3.82. The molecular formula is C25H33Cl2N3O4S. The number of hydrogen-bond donors (Lipinski definition) is 1. The predicted molar refractivity (Wildman–Crippen MR) is 142 cm³/mol. The van der Waals surface area contributed by atoms with Crippen LogP contribution < -0.4 is 9.62 Å². The Kier molecular flexibility index (Phi) is 10.0. The van der Waals surface area contributed by atoms with Crippen molar-refractivity contribution < 1.29 is 18.0 Å². The molecule has 1 N–H and O–H groups in total. The maximum absolute atomic E-state index is 13.8. The van der Waals surface area contributed by atoms with Crippen LogP contribution in [0.15, 0.2) is 36.4 Å². The van der Waals surface area contributed by atoms with Crippen molar-refractivity contribution in [3.8, 4) is 0 Å². The lowest BCUT2D eigenvalue weighted by atomic mass is 10.1. The molecule has 0 saturated carbocycles. The first-order valence-electron chi connectivity index (χ1n) is 11.3. The van der Waals surface area contributed by atoms with Gasteiger partial charge in [0.2, 0.25) is 21.8 Å². The highest BCUT2D eigenvalue weighted by Crippen LogP contribution is 2.29. The van der Waals surface area contributed by atoms with E-state index in [1.54, 1.807) is 51.1 Å². The van der Waals surface area contributed by atoms with Gasteiger partial charge in [-0.05, 0) is 57.4 Å². The number of para-hydroxylation sites is 1. The second kappa shape index (κ2) is 12.1. The number of rotatable bonds is 10. The van der Waals surface area contributed by atoms with E-state index in [1.165, 1.54) is 4.90 Å². The van der Waals surface area contributed by atoms with Gasteiger partial charge in [-0.3, -0.25) is 13.9 Å². The second-order valence-electron chi connectivity index (χ2n) is 8.82. The van der Waals surface area contributed by atoms with Gasteiger partial charge < -0.3 is 10.2 Å². The van der Waals surface area contributed by atoms with Crippen LogP contribution in [0.5, 0.6) is 0 Å². The molecule has 0 fully saturated rings. The number of hydrogen-bond acceptors (Lipinski definition) is 4. The van der Waals surface area contributed by atoms with Crippen LogP contribution >= 0.6 is 23.2 Å². The van der Waals surface area contributed by atoms with Crippen LogP contribution in [0.1, 0.15) is 43.9 Å². The van der Waals surface area contributed by atoms with Crippen LogP contribution in [-0.4, -0.2) is 50.0 Å². The summed E-state index contributed by atoms with van der Waals surface area (Å²) in [6.45, 7) is 8.50. The summed E-state index contributed by atoms with van der Waals surface area (Å²) in [6, 6.07) is 9.41. The molecular weight excluding hydrogens is 509 g/mol. The normalized spacial score (nSPS) is 12.4. The van der Waals surface area contributed by atoms with E-state index in [2.05, 4.69) is 5.32 Å². The van der Waals surface area contributed by atoms with Crippen molar-refractivity contribution in [2.24, 2.45) is 0 Å². The fraction of sp³-hybridized carbons (Fsp3) is 0.440. The molecule has 2 aromatic rings. The lowest BCUT2D eigenvalue weighted by molar-refractivity contribution is -0.140. The van der Waals surface area contributed by atoms with E-state index in [9.17, 15) is 18.0 Å². The average Bonchev–Trinajstić information content (AvgIpc) is 2.73. The smallest absolute Gasteiger partial charge is 0.244 e. The molecule has 2 rings (SSSR count). The van der Waals surface area contributed by atoms with Gasteiger partial charge in [-0.15, -0.1) is 0 Å². The summed E-state index contributed by atoms with van der Waals surface area (Å²) in [5, 5.41) is 3.55. The standard InChI is InChI=1S/C25H33Cl2N3O4S/c1-7-22(25(32)28-16(2)3)29(14-19-20(26)12-9-13-21(19)27)23(31)15-30(35(6,33)34)24-17(4)10-8-11-18(24)5/h8-13,16,22H,7,14-15H2,1-6H3,(H,28,32). The first-order valence-corrected chi connectivity index (χ1v) is 13.9. The molecule has 192 valence electrons. The molecule has 0 aromatic heterocycles. The van der Waals surface area contributed by atoms with Crippen LogP contribution in [-0.2, 0) is 26.2 Å². The molecule has 0 aliphatic carbocycles. The number of benzene rings is 2. The van der Waals surface area contributed by atoms with E-state index >= 15 is 0 Å². The zero-order chi connectivity index (χ0) is 26.5. The Balaban J connectivity index is 2.56. The van der Waals surface area contributed by atoms with Gasteiger partial charge in [0.1, 0.15) is 12.6 Å². The Morgan fingerprint density at radius 3 is 1.97 bits per heavy atom. The van der Waals surface area contributed by atoms with Crippen LogP contribution in [0.25, 0.3) is 0 Å². The lowest BCUT2D eigenvalue weighted by Gasteiger charge is -2.34. The molecule has 35 heavy (non-hydrogen) atoms. The molecule has 7 nitrogen and oxygen atoms in total. The van der Waals surface area contributed by atoms with Crippen molar-refractivity contribution in [3.05, 3.63) is 63.1 Å². The molecule has 0 saturated heterocycles. The number of aryl methyl sites for hydroxylation is 2. The molecule has 0 spiro atoms. The van der Waals surface area contributed by atoms with Crippen LogP contribution in [0.2, 0.25) is 10.0 Å². The minimum Gasteiger partial charge on any atom is -0.352 e. The topological polar surface area (TPSA) is 86.8 Å². The van der Waals surface area contributed by atoms with E-state index in [-0.39, 0.29) is 18.5 Å². The number of anilines is 1. The summed E-state index contributed by atoms with van der Waals surface area (Å²) < 4.78 is 26.7. The predicted octanol–water partition coefficient (Wildman–Crippen LogP) is 4.71. The summed E-state index contributed by atoms with van der Waals surface area (Å²) in [7, 11) is -3.82. The van der Waals surface area contributed by atoms with E-state index in [0.717, 1.165) is 10.6 Å². The first-order chi connectivity index (χ1) is 16.3. The summed E-state index contributed by atoms with van der Waals surface area (Å²) in [6.07, 6.45) is 1.37. The minimum absolute atomic E-state index is 0.0499. The summed E-state index contributed by atoms with van der Waals surface area (Å²) in [5.41, 5.74) is 2.36. The molecule has 0 radical (unpaired) electrons. The van der Waals surface area contributed by atoms with E-state index < -0.39 is 28.5 Å². The summed E-state index contributed by atoms with van der Waals surface area (Å²) >= 11 is 12.8. The van der Waals surface area contributed by atoms with Gasteiger partial charge in [0.15, 0.2) is 0 Å². The quantitative estimate of drug-likeness (QED) is 0.471. The molecule has 0 aliphatic heterocycles. The Bertz CT molecular complexity index is 1140. The van der Waals surface area contributed by atoms with E-state index in [0.29, 0.717) is 38.8 Å². The Labute approximate surface area is 218 Å². The first kappa shape index (κ1) is 28.9. The van der Waals surface area contributed by atoms with Crippen LogP contribution in [0, 0.1) is 13.8 Å². The van der Waals surface area contributed by atoms with Crippen molar-refractivity contribution in [2.75, 3.05) is 17.1 Å². The number of nitrogens with one attached hydrogen (secondary N) is 1. The Morgan fingerprint density at radius 2 is 1.51 bits per heavy atom. The molecule has 2 aromatic carbocycles. The second-order valence-corrected chi connectivity index (χ2v) is 11.5. The van der Waals surface area contributed by atoms with Gasteiger partial charge in [0.25, 0.3) is 0 Å². The van der Waals surface area contributed by atoms with Crippen molar-refractivity contribution in [1.82, 2.24) is 10.2 Å². The summed E-state index contributed by atoms with van der Waals surface area (Å²) in [4.78, 5) is 28.2. The molecule has 1 atom stereocenters. The zero-order valence-electron chi connectivity index (χ0n) is 20.9. The maximum Gasteiger partial charge on any atom is 0.244 e. The summed E-state index contributed by atoms with van der Waals surface area (Å²) in [5.74, 6) is -0.878. The highest BCUT2D eigenvalue weighted by molar-refractivity contribution is 7.92. The molecule has 2 amide bonds. The fourth-order valence-electron chi connectivity index (χ4n) is 3.93. The van der Waals surface area contributed by atoms with Crippen molar-refractivity contribution in [3.63, 3.8) is 0 Å². The number of carbonyl (C=O) groups excluding carboxylic acids is 2. The van der Waals surface area contributed by atoms with E-state index in [1.807, 2.05) is 19.9 Å². The molecule has 0 aliphatic rings. The van der Waals surface area contributed by atoms with Gasteiger partial charge in [-0.25, -0.2) is 8.42 Å². The van der Waals surface area contributed by atoms with Gasteiger partial charge in [-0.1, -0.05) is 54.4 Å². The van der Waals surface area contributed by atoms with Gasteiger partial charge >= 0.3 is 0 Å². The molecule has 0 heterocycles. The average molecular weight is 543 g/mol. The van der Waals surface area contributed by atoms with Crippen LogP contribution in [0.3, 0.4) is 0 Å². The van der Waals surface area contributed by atoms with E-state index in [4.69, 9.17) is 23.2 Å². The van der Waals surface area contributed by atoms with Crippen molar-refractivity contribution in [1.29, 1.82) is 0 Å². The molecule has 10 heteroatoms. The van der Waals surface area contributed by atoms with Crippen LogP contribution in [0.4, 0.5) is 5.69 Å². The highest BCUT2D eigenvalue weighted by atomic mass is 35.5. The fourth-order valence-corrected chi connectivity index (χ4v) is 5.41. The molecule has 1 unspecified atom stereocenters. The number of amides is 2. The van der Waals surface area contributed by atoms with Crippen molar-refractivity contribution in [2.45, 2.75) is 59.7 Å². The number of carbonyl (C=O) groups is 2. The van der Waals surface area contributed by atoms with Gasteiger partial charge in [0.05, 0.1) is 11.9 Å². The number of halogens is 2. The van der Waals surface area contributed by atoms with Crippen molar-refractivity contribution >= 4 is 50.7 Å².